The summed E-state index contributed by atoms with van der Waals surface area (Å²) in [6, 6.07) is 6.61. The van der Waals surface area contributed by atoms with Gasteiger partial charge in [-0.25, -0.2) is 0 Å². The number of benzene rings is 1. The van der Waals surface area contributed by atoms with Crippen LogP contribution >= 0.6 is 0 Å². The Balaban J connectivity index is 2.91. The van der Waals surface area contributed by atoms with Crippen molar-refractivity contribution in [2.45, 2.75) is 33.2 Å². The lowest BCUT2D eigenvalue weighted by Crippen LogP contribution is -2.53. The summed E-state index contributed by atoms with van der Waals surface area (Å²) in [7, 11) is 0. The number of carbonyl (C=O) groups excluding carboxylic acids is 1. The summed E-state index contributed by atoms with van der Waals surface area (Å²) in [5.41, 5.74) is 4.99. The number of hydrogen-bond acceptors (Lipinski definition) is 3. The van der Waals surface area contributed by atoms with Gasteiger partial charge in [0.1, 0.15) is 5.75 Å². The van der Waals surface area contributed by atoms with Crippen LogP contribution in [0.4, 0.5) is 5.69 Å². The molecule has 0 aliphatic rings. The number of nitrogens with one attached hydrogen (secondary N) is 1. The van der Waals surface area contributed by atoms with E-state index >= 15 is 0 Å². The quantitative estimate of drug-likeness (QED) is 0.703. The molecule has 0 atom stereocenters. The lowest BCUT2D eigenvalue weighted by atomic mass is 9.74. The maximum absolute atomic E-state index is 12.1. The summed E-state index contributed by atoms with van der Waals surface area (Å²) in [6.07, 6.45) is 0. The van der Waals surface area contributed by atoms with E-state index in [1.54, 1.807) is 45.9 Å². The minimum Gasteiger partial charge on any atom is -0.506 e. The standard InChI is InChI=1S/C13H20N2O2/c1-12(2,13(3,4)14)11(17)15-9-7-5-6-8-10(9)16/h5-8,16H,14H2,1-4H3,(H,15,17). The Kier molecular flexibility index (Phi) is 3.48. The number of nitrogens with two attached hydrogens (primary N) is 1. The second kappa shape index (κ2) is 4.37. The summed E-state index contributed by atoms with van der Waals surface area (Å²) >= 11 is 0. The van der Waals surface area contributed by atoms with Gasteiger partial charge < -0.3 is 16.2 Å². The van der Waals surface area contributed by atoms with E-state index in [1.165, 1.54) is 6.07 Å². The second-order valence-electron chi connectivity index (χ2n) is 5.32. The molecular formula is C13H20N2O2. The van der Waals surface area contributed by atoms with Crippen LogP contribution in [0.2, 0.25) is 0 Å². The van der Waals surface area contributed by atoms with Crippen LogP contribution in [0, 0.1) is 5.41 Å². The molecular weight excluding hydrogens is 216 g/mol. The average molecular weight is 236 g/mol. The number of para-hydroxylation sites is 2. The van der Waals surface area contributed by atoms with Crippen LogP contribution < -0.4 is 11.1 Å². The monoisotopic (exact) mass is 236 g/mol. The van der Waals surface area contributed by atoms with Gasteiger partial charge in [0.25, 0.3) is 0 Å². The fourth-order valence-corrected chi connectivity index (χ4v) is 1.15. The molecule has 1 rings (SSSR count). The van der Waals surface area contributed by atoms with Gasteiger partial charge in [-0.05, 0) is 39.8 Å². The van der Waals surface area contributed by atoms with Gasteiger partial charge in [-0.1, -0.05) is 12.1 Å². The van der Waals surface area contributed by atoms with Crippen LogP contribution in [0.25, 0.3) is 0 Å². The topological polar surface area (TPSA) is 75.4 Å². The number of aromatic hydroxyl groups is 1. The number of anilines is 1. The van der Waals surface area contributed by atoms with Crippen LogP contribution in [0.5, 0.6) is 5.75 Å². The first-order valence-electron chi connectivity index (χ1n) is 5.54. The summed E-state index contributed by atoms with van der Waals surface area (Å²) in [4.78, 5) is 12.1. The molecule has 0 spiro atoms. The van der Waals surface area contributed by atoms with Crippen molar-refractivity contribution < 1.29 is 9.90 Å². The van der Waals surface area contributed by atoms with Gasteiger partial charge in [0.15, 0.2) is 0 Å². The highest BCUT2D eigenvalue weighted by atomic mass is 16.3. The molecule has 0 bridgehead atoms. The first-order valence-corrected chi connectivity index (χ1v) is 5.54. The molecule has 0 saturated heterocycles. The van der Waals surface area contributed by atoms with Crippen molar-refractivity contribution in [1.82, 2.24) is 0 Å². The van der Waals surface area contributed by atoms with Crippen molar-refractivity contribution in [2.24, 2.45) is 11.1 Å². The molecule has 0 heterocycles. The highest BCUT2D eigenvalue weighted by Gasteiger charge is 2.40. The van der Waals surface area contributed by atoms with Crippen LogP contribution in [0.1, 0.15) is 27.7 Å². The summed E-state index contributed by atoms with van der Waals surface area (Å²) in [6.45, 7) is 7.17. The highest BCUT2D eigenvalue weighted by Crippen LogP contribution is 2.31. The zero-order chi connectivity index (χ0) is 13.3. The van der Waals surface area contributed by atoms with Crippen LogP contribution in [-0.2, 0) is 4.79 Å². The van der Waals surface area contributed by atoms with Crippen molar-refractivity contribution in [3.05, 3.63) is 24.3 Å². The minimum atomic E-state index is -0.741. The number of phenolic OH excluding ortho intramolecular Hbond substituents is 1. The fourth-order valence-electron chi connectivity index (χ4n) is 1.15. The minimum absolute atomic E-state index is 0.0477. The van der Waals surface area contributed by atoms with E-state index in [0.29, 0.717) is 5.69 Å². The zero-order valence-corrected chi connectivity index (χ0v) is 10.7. The van der Waals surface area contributed by atoms with Crippen LogP contribution in [0.15, 0.2) is 24.3 Å². The molecule has 0 aromatic heterocycles. The lowest BCUT2D eigenvalue weighted by Gasteiger charge is -2.36. The molecule has 1 amide bonds. The Hall–Kier alpha value is -1.55. The van der Waals surface area contributed by atoms with Crippen LogP contribution in [0.3, 0.4) is 0 Å². The predicted octanol–water partition coefficient (Wildman–Crippen LogP) is 2.09. The molecule has 0 saturated carbocycles. The van der Waals surface area contributed by atoms with Crippen LogP contribution in [-0.4, -0.2) is 16.6 Å². The Bertz CT molecular complexity index is 420. The van der Waals surface area contributed by atoms with E-state index in [0.717, 1.165) is 0 Å². The van der Waals surface area contributed by atoms with E-state index in [9.17, 15) is 9.90 Å². The Morgan fingerprint density at radius 3 is 2.24 bits per heavy atom. The van der Waals surface area contributed by atoms with Gasteiger partial charge >= 0.3 is 0 Å². The molecule has 0 radical (unpaired) electrons. The van der Waals surface area contributed by atoms with Gasteiger partial charge in [0.05, 0.1) is 11.1 Å². The van der Waals surface area contributed by atoms with Crippen molar-refractivity contribution in [1.29, 1.82) is 0 Å². The third-order valence-electron chi connectivity index (χ3n) is 3.33. The molecule has 4 heteroatoms. The summed E-state index contributed by atoms with van der Waals surface area (Å²) < 4.78 is 0. The summed E-state index contributed by atoms with van der Waals surface area (Å²) in [5, 5.41) is 12.3. The predicted molar refractivity (Wildman–Crippen MR) is 68.8 cm³/mol. The van der Waals surface area contributed by atoms with Gasteiger partial charge in [0, 0.05) is 5.54 Å². The lowest BCUT2D eigenvalue weighted by molar-refractivity contribution is -0.126. The smallest absolute Gasteiger partial charge is 0.231 e. The Morgan fingerprint density at radius 2 is 1.76 bits per heavy atom. The van der Waals surface area contributed by atoms with Crippen molar-refractivity contribution in [3.63, 3.8) is 0 Å². The molecule has 0 fully saturated rings. The number of carbonyl (C=O) groups is 1. The second-order valence-corrected chi connectivity index (χ2v) is 5.32. The zero-order valence-electron chi connectivity index (χ0n) is 10.7. The molecule has 1 aromatic carbocycles. The average Bonchev–Trinajstić information content (AvgIpc) is 2.19. The first-order chi connectivity index (χ1) is 7.66. The molecule has 1 aromatic rings. The Labute approximate surface area is 102 Å². The van der Waals surface area contributed by atoms with E-state index in [1.807, 2.05) is 0 Å². The van der Waals surface area contributed by atoms with Gasteiger partial charge in [0.2, 0.25) is 5.91 Å². The highest BCUT2D eigenvalue weighted by molar-refractivity contribution is 5.96. The summed E-state index contributed by atoms with van der Waals surface area (Å²) in [5.74, 6) is -0.169. The van der Waals surface area contributed by atoms with Gasteiger partial charge in [-0.2, -0.15) is 0 Å². The normalized spacial score (nSPS) is 12.3. The fraction of sp³-hybridized carbons (Fsp3) is 0.462. The number of hydrogen-bond donors (Lipinski definition) is 3. The molecule has 17 heavy (non-hydrogen) atoms. The maximum Gasteiger partial charge on any atom is 0.231 e. The number of rotatable bonds is 3. The third kappa shape index (κ3) is 2.77. The van der Waals surface area contributed by atoms with Crippen molar-refractivity contribution in [2.75, 3.05) is 5.32 Å². The number of amides is 1. The van der Waals surface area contributed by atoms with E-state index in [-0.39, 0.29) is 11.7 Å². The Morgan fingerprint density at radius 1 is 1.24 bits per heavy atom. The molecule has 4 N–H and O–H groups in total. The molecule has 0 aliphatic carbocycles. The van der Waals surface area contributed by atoms with Crippen molar-refractivity contribution in [3.8, 4) is 5.75 Å². The molecule has 0 aliphatic heterocycles. The molecule has 4 nitrogen and oxygen atoms in total. The third-order valence-corrected chi connectivity index (χ3v) is 3.33. The van der Waals surface area contributed by atoms with Gasteiger partial charge in [-0.3, -0.25) is 4.79 Å². The van der Waals surface area contributed by atoms with E-state index < -0.39 is 11.0 Å². The SMILES string of the molecule is CC(C)(N)C(C)(C)C(=O)Nc1ccccc1O. The molecule has 0 unspecified atom stereocenters. The largest absolute Gasteiger partial charge is 0.506 e. The first kappa shape index (κ1) is 13.5. The maximum atomic E-state index is 12.1. The molecule has 94 valence electrons. The van der Waals surface area contributed by atoms with E-state index in [4.69, 9.17) is 5.73 Å². The number of phenols is 1. The van der Waals surface area contributed by atoms with Crippen molar-refractivity contribution >= 4 is 11.6 Å². The van der Waals surface area contributed by atoms with Gasteiger partial charge in [-0.15, -0.1) is 0 Å². The van der Waals surface area contributed by atoms with E-state index in [2.05, 4.69) is 5.32 Å².